The van der Waals surface area contributed by atoms with E-state index in [1.807, 2.05) is 0 Å². The minimum Gasteiger partial charge on any atom is -0.293 e. The van der Waals surface area contributed by atoms with Crippen molar-refractivity contribution in [1.29, 1.82) is 0 Å². The Balaban J connectivity index is 1.38. The lowest BCUT2D eigenvalue weighted by molar-refractivity contribution is 0.0732. The fourth-order valence-electron chi connectivity index (χ4n) is 3.75. The van der Waals surface area contributed by atoms with E-state index in [9.17, 15) is 8.42 Å². The van der Waals surface area contributed by atoms with Gasteiger partial charge in [0, 0.05) is 45.3 Å². The fraction of sp³-hybridized carbons (Fsp3) is 0.625. The lowest BCUT2D eigenvalue weighted by Gasteiger charge is -2.46. The van der Waals surface area contributed by atoms with Gasteiger partial charge in [0.05, 0.1) is 0 Å². The highest BCUT2D eigenvalue weighted by molar-refractivity contribution is 7.86. The van der Waals surface area contributed by atoms with Gasteiger partial charge in [0.1, 0.15) is 0 Å². The molecule has 0 amide bonds. The van der Waals surface area contributed by atoms with E-state index in [0.29, 0.717) is 32.2 Å². The number of benzene rings is 1. The second kappa shape index (κ2) is 5.60. The third-order valence-electron chi connectivity index (χ3n) is 5.22. The molecule has 2 saturated heterocycles. The normalized spacial score (nSPS) is 25.1. The van der Waals surface area contributed by atoms with E-state index >= 15 is 0 Å². The van der Waals surface area contributed by atoms with Crippen LogP contribution in [0.5, 0.6) is 0 Å². The minimum atomic E-state index is -3.19. The van der Waals surface area contributed by atoms with Gasteiger partial charge in [-0.1, -0.05) is 24.3 Å². The quantitative estimate of drug-likeness (QED) is 0.836. The molecule has 0 radical (unpaired) electrons. The van der Waals surface area contributed by atoms with Crippen molar-refractivity contribution in [3.05, 3.63) is 35.4 Å². The third kappa shape index (κ3) is 2.48. The number of nitrogens with zero attached hydrogens (tertiary/aromatic N) is 3. The Labute approximate surface area is 132 Å². The molecule has 5 nitrogen and oxygen atoms in total. The Hall–Kier alpha value is -0.950. The van der Waals surface area contributed by atoms with E-state index in [1.165, 1.54) is 11.1 Å². The van der Waals surface area contributed by atoms with Crippen LogP contribution in [0.25, 0.3) is 0 Å². The van der Waals surface area contributed by atoms with Crippen molar-refractivity contribution < 1.29 is 8.42 Å². The number of fused-ring (bicyclic) bond motifs is 1. The van der Waals surface area contributed by atoms with Crippen LogP contribution in [0.15, 0.2) is 24.3 Å². The van der Waals surface area contributed by atoms with Gasteiger partial charge in [-0.3, -0.25) is 4.90 Å². The largest absolute Gasteiger partial charge is 0.293 e. The molecule has 0 aromatic heterocycles. The summed E-state index contributed by atoms with van der Waals surface area (Å²) in [6.07, 6.45) is 3.07. The molecule has 1 aromatic carbocycles. The Kier molecular flexibility index (Phi) is 3.72. The second-order valence-corrected chi connectivity index (χ2v) is 8.50. The lowest BCUT2D eigenvalue weighted by Crippen LogP contribution is -2.63. The lowest BCUT2D eigenvalue weighted by atomic mass is 9.97. The molecule has 3 heterocycles. The third-order valence-corrected chi connectivity index (χ3v) is 7.19. The van der Waals surface area contributed by atoms with Gasteiger partial charge in [0.25, 0.3) is 10.2 Å². The van der Waals surface area contributed by atoms with Crippen LogP contribution in [0, 0.1) is 0 Å². The molecule has 0 unspecified atom stereocenters. The first-order valence-corrected chi connectivity index (χ1v) is 9.60. The predicted molar refractivity (Wildman–Crippen MR) is 85.6 cm³/mol. The first-order chi connectivity index (χ1) is 10.6. The zero-order chi connectivity index (χ0) is 15.2. The second-order valence-electron chi connectivity index (χ2n) is 6.57. The molecule has 0 saturated carbocycles. The zero-order valence-electron chi connectivity index (χ0n) is 12.8. The summed E-state index contributed by atoms with van der Waals surface area (Å²) in [6.45, 7) is 4.70. The molecule has 3 aliphatic rings. The maximum atomic E-state index is 12.5. The van der Waals surface area contributed by atoms with Crippen molar-refractivity contribution in [2.45, 2.75) is 31.8 Å². The highest BCUT2D eigenvalue weighted by Gasteiger charge is 2.42. The van der Waals surface area contributed by atoms with Crippen molar-refractivity contribution in [2.75, 3.05) is 32.7 Å². The number of rotatable bonds is 3. The highest BCUT2D eigenvalue weighted by atomic mass is 32.2. The van der Waals surface area contributed by atoms with Crippen molar-refractivity contribution in [2.24, 2.45) is 0 Å². The highest BCUT2D eigenvalue weighted by Crippen LogP contribution is 2.27. The summed E-state index contributed by atoms with van der Waals surface area (Å²) in [7, 11) is -3.19. The summed E-state index contributed by atoms with van der Waals surface area (Å²) in [5.74, 6) is 0. The SMILES string of the molecule is O=S(=O)(N1CCCC1)N1CC(N2CCc3ccccc3C2)C1. The van der Waals surface area contributed by atoms with Gasteiger partial charge in [-0.15, -0.1) is 0 Å². The average molecular weight is 321 g/mol. The molecule has 4 rings (SSSR count). The van der Waals surface area contributed by atoms with E-state index in [2.05, 4.69) is 29.2 Å². The van der Waals surface area contributed by atoms with Crippen LogP contribution in [0.3, 0.4) is 0 Å². The molecule has 2 fully saturated rings. The summed E-state index contributed by atoms with van der Waals surface area (Å²) in [6, 6.07) is 8.97. The molecule has 0 spiro atoms. The van der Waals surface area contributed by atoms with E-state index in [0.717, 1.165) is 32.4 Å². The van der Waals surface area contributed by atoms with Gasteiger partial charge in [0.2, 0.25) is 0 Å². The standard InChI is InChI=1S/C16H23N3O2S/c20-22(21,18-8-3-4-9-18)19-12-16(13-19)17-10-7-14-5-1-2-6-15(14)11-17/h1-2,5-6,16H,3-4,7-13H2. The molecule has 120 valence electrons. The summed E-state index contributed by atoms with van der Waals surface area (Å²) in [5, 5.41) is 0. The van der Waals surface area contributed by atoms with Crippen molar-refractivity contribution in [1.82, 2.24) is 13.5 Å². The first kappa shape index (κ1) is 14.6. The summed E-state index contributed by atoms with van der Waals surface area (Å²) >= 11 is 0. The van der Waals surface area contributed by atoms with Crippen molar-refractivity contribution >= 4 is 10.2 Å². The maximum absolute atomic E-state index is 12.5. The summed E-state index contributed by atoms with van der Waals surface area (Å²) in [4.78, 5) is 2.44. The van der Waals surface area contributed by atoms with Crippen LogP contribution in [0.1, 0.15) is 24.0 Å². The van der Waals surface area contributed by atoms with Crippen molar-refractivity contribution in [3.63, 3.8) is 0 Å². The minimum absolute atomic E-state index is 0.380. The Bertz CT molecular complexity index is 649. The Morgan fingerprint density at radius 2 is 1.59 bits per heavy atom. The molecule has 1 aromatic rings. The van der Waals surface area contributed by atoms with E-state index in [4.69, 9.17) is 0 Å². The maximum Gasteiger partial charge on any atom is 0.282 e. The van der Waals surface area contributed by atoms with Gasteiger partial charge in [-0.25, -0.2) is 0 Å². The molecular formula is C16H23N3O2S. The number of hydrogen-bond acceptors (Lipinski definition) is 3. The van der Waals surface area contributed by atoms with E-state index in [1.54, 1.807) is 8.61 Å². The summed E-state index contributed by atoms with van der Waals surface area (Å²) in [5.41, 5.74) is 2.84. The van der Waals surface area contributed by atoms with Gasteiger partial charge >= 0.3 is 0 Å². The average Bonchev–Trinajstić information content (AvgIpc) is 3.00. The molecule has 22 heavy (non-hydrogen) atoms. The van der Waals surface area contributed by atoms with Gasteiger partial charge in [-0.05, 0) is 30.4 Å². The molecular weight excluding hydrogens is 298 g/mol. The van der Waals surface area contributed by atoms with E-state index < -0.39 is 10.2 Å². The fourth-order valence-corrected chi connectivity index (χ4v) is 5.51. The first-order valence-electron chi connectivity index (χ1n) is 8.21. The van der Waals surface area contributed by atoms with Crippen LogP contribution in [-0.4, -0.2) is 60.7 Å². The smallest absolute Gasteiger partial charge is 0.282 e. The van der Waals surface area contributed by atoms with Gasteiger partial charge < -0.3 is 0 Å². The molecule has 0 aliphatic carbocycles. The molecule has 0 atom stereocenters. The summed E-state index contributed by atoms with van der Waals surface area (Å²) < 4.78 is 28.3. The van der Waals surface area contributed by atoms with Gasteiger partial charge in [-0.2, -0.15) is 17.0 Å². The Morgan fingerprint density at radius 3 is 2.32 bits per heavy atom. The predicted octanol–water partition coefficient (Wildman–Crippen LogP) is 1.07. The van der Waals surface area contributed by atoms with Crippen molar-refractivity contribution in [3.8, 4) is 0 Å². The zero-order valence-corrected chi connectivity index (χ0v) is 13.6. The Morgan fingerprint density at radius 1 is 0.909 bits per heavy atom. The molecule has 0 bridgehead atoms. The van der Waals surface area contributed by atoms with Gasteiger partial charge in [0.15, 0.2) is 0 Å². The van der Waals surface area contributed by atoms with E-state index in [-0.39, 0.29) is 0 Å². The topological polar surface area (TPSA) is 43.9 Å². The number of hydrogen-bond donors (Lipinski definition) is 0. The molecule has 0 N–H and O–H groups in total. The van der Waals surface area contributed by atoms with Crippen LogP contribution < -0.4 is 0 Å². The monoisotopic (exact) mass is 321 g/mol. The molecule has 6 heteroatoms. The van der Waals surface area contributed by atoms with Crippen LogP contribution in [0.2, 0.25) is 0 Å². The van der Waals surface area contributed by atoms with Crippen LogP contribution in [-0.2, 0) is 23.2 Å². The van der Waals surface area contributed by atoms with Crippen LogP contribution in [0.4, 0.5) is 0 Å². The molecule has 3 aliphatic heterocycles. The van der Waals surface area contributed by atoms with Crippen LogP contribution >= 0.6 is 0 Å².